The lowest BCUT2D eigenvalue weighted by Gasteiger charge is -2.30. The van der Waals surface area contributed by atoms with Crippen LogP contribution in [0.1, 0.15) is 56.4 Å². The van der Waals surface area contributed by atoms with Gasteiger partial charge in [-0.2, -0.15) is 31.6 Å². The first-order valence-electron chi connectivity index (χ1n) is 13.0. The Morgan fingerprint density at radius 2 is 1.56 bits per heavy atom. The third kappa shape index (κ3) is 9.01. The van der Waals surface area contributed by atoms with Crippen LogP contribution in [0.3, 0.4) is 0 Å². The maximum atomic E-state index is 14.5. The Kier molecular flexibility index (Phi) is 10.0. The second-order valence-electron chi connectivity index (χ2n) is 11.0. The fourth-order valence-corrected chi connectivity index (χ4v) is 4.33. The number of fused-ring (bicyclic) bond motifs is 3. The zero-order valence-electron chi connectivity index (χ0n) is 23.4. The minimum absolute atomic E-state index is 0.0190. The molecule has 8 nitrogen and oxygen atoms in total. The first-order chi connectivity index (χ1) is 20.6. The second-order valence-corrected chi connectivity index (χ2v) is 11.0. The lowest BCUT2D eigenvalue weighted by atomic mass is 9.96. The normalized spacial score (nSPS) is 16.8. The summed E-state index contributed by atoms with van der Waals surface area (Å²) in [6.07, 6.45) is -14.9. The van der Waals surface area contributed by atoms with Gasteiger partial charge in [-0.1, -0.05) is 18.2 Å². The number of aliphatic hydroxyl groups is 1. The summed E-state index contributed by atoms with van der Waals surface area (Å²) >= 11 is 0. The zero-order chi connectivity index (χ0) is 34.1. The van der Waals surface area contributed by atoms with Crippen molar-refractivity contribution in [1.82, 2.24) is 10.6 Å². The summed E-state index contributed by atoms with van der Waals surface area (Å²) in [6.45, 7) is 2.27. The topological polar surface area (TPSA) is 136 Å². The van der Waals surface area contributed by atoms with Crippen LogP contribution in [0.15, 0.2) is 40.8 Å². The maximum Gasteiger partial charge on any atom is 0.490 e. The third-order valence-electron chi connectivity index (χ3n) is 6.70. The molecule has 2 aromatic carbocycles. The van der Waals surface area contributed by atoms with Crippen LogP contribution in [0.2, 0.25) is 0 Å². The first-order valence-corrected chi connectivity index (χ1v) is 13.0. The Bertz CT molecular complexity index is 1580. The van der Waals surface area contributed by atoms with Crippen molar-refractivity contribution in [2.45, 2.75) is 81.3 Å². The van der Waals surface area contributed by atoms with E-state index in [0.717, 1.165) is 26.0 Å². The van der Waals surface area contributed by atoms with Crippen molar-refractivity contribution >= 4 is 33.8 Å². The number of aliphatic carboxylic acids is 1. The Hall–Kier alpha value is -4.04. The average molecular weight is 656 g/mol. The minimum Gasteiger partial charge on any atom is -0.475 e. The molecule has 1 amide bonds. The number of carboxylic acid groups (broad SMARTS) is 1. The molecule has 0 aliphatic heterocycles. The molecule has 17 heteroatoms. The highest BCUT2D eigenvalue weighted by atomic mass is 19.4. The molecule has 2 unspecified atom stereocenters. The van der Waals surface area contributed by atoms with Gasteiger partial charge in [-0.15, -0.1) is 0 Å². The summed E-state index contributed by atoms with van der Waals surface area (Å²) in [6, 6.07) is 5.33. The van der Waals surface area contributed by atoms with Gasteiger partial charge in [0.1, 0.15) is 34.5 Å². The van der Waals surface area contributed by atoms with E-state index in [4.69, 9.17) is 14.3 Å². The number of rotatable bonds is 9. The molecule has 1 aromatic heterocycles. The highest BCUT2D eigenvalue weighted by Gasteiger charge is 2.48. The van der Waals surface area contributed by atoms with Gasteiger partial charge in [-0.05, 0) is 56.0 Å². The van der Waals surface area contributed by atoms with Crippen LogP contribution in [0.4, 0.5) is 39.5 Å². The molecule has 1 heterocycles. The summed E-state index contributed by atoms with van der Waals surface area (Å²) in [4.78, 5) is 21.7. The van der Waals surface area contributed by atoms with Gasteiger partial charge in [0.25, 0.3) is 6.43 Å². The van der Waals surface area contributed by atoms with Crippen molar-refractivity contribution < 1.29 is 63.7 Å². The number of hydrogen-bond donors (Lipinski definition) is 4. The van der Waals surface area contributed by atoms with Crippen LogP contribution in [-0.4, -0.2) is 58.1 Å². The van der Waals surface area contributed by atoms with Gasteiger partial charge < -0.3 is 19.9 Å². The molecule has 0 spiro atoms. The molecule has 0 saturated heterocycles. The number of hydrogen-bond acceptors (Lipinski definition) is 6. The molecular weight excluding hydrogens is 629 g/mol. The van der Waals surface area contributed by atoms with E-state index < -0.39 is 66.5 Å². The Labute approximate surface area is 248 Å². The van der Waals surface area contributed by atoms with Gasteiger partial charge >= 0.3 is 18.3 Å². The Morgan fingerprint density at radius 3 is 2.02 bits per heavy atom. The van der Waals surface area contributed by atoms with Crippen LogP contribution in [0.5, 0.6) is 0 Å². The molecule has 1 aliphatic carbocycles. The van der Waals surface area contributed by atoms with Crippen molar-refractivity contribution in [3.8, 4) is 6.07 Å². The van der Waals surface area contributed by atoms with Crippen LogP contribution in [0, 0.1) is 11.3 Å². The number of carboxylic acids is 1. The third-order valence-corrected chi connectivity index (χ3v) is 6.70. The number of amides is 1. The SMILES string of the molecule is CC(C)(F)C[C@H](NC(c1ccc2c(c1)oc1ccc(C(O)C(F)F)cc12)C(F)(F)F)C(=O)NC1(C#N)CC1.O=C(O)C(F)(F)F. The Balaban J connectivity index is 0.000000707. The number of carbonyl (C=O) groups is 2. The predicted molar refractivity (Wildman–Crippen MR) is 140 cm³/mol. The molecule has 1 fully saturated rings. The Morgan fingerprint density at radius 1 is 0.978 bits per heavy atom. The zero-order valence-corrected chi connectivity index (χ0v) is 23.4. The number of aliphatic hydroxyl groups excluding tert-OH is 1. The lowest BCUT2D eigenvalue weighted by molar-refractivity contribution is -0.192. The fourth-order valence-electron chi connectivity index (χ4n) is 4.33. The summed E-state index contributed by atoms with van der Waals surface area (Å²) in [7, 11) is 0. The van der Waals surface area contributed by atoms with Crippen LogP contribution >= 0.6 is 0 Å². The predicted octanol–water partition coefficient (Wildman–Crippen LogP) is 6.39. The number of alkyl halides is 9. The summed E-state index contributed by atoms with van der Waals surface area (Å²) in [5.41, 5.74) is -3.34. The molecule has 1 aliphatic rings. The van der Waals surface area contributed by atoms with E-state index >= 15 is 0 Å². The number of carbonyl (C=O) groups excluding carboxylic acids is 1. The number of halogens is 9. The van der Waals surface area contributed by atoms with Crippen molar-refractivity contribution in [3.05, 3.63) is 47.5 Å². The van der Waals surface area contributed by atoms with E-state index in [9.17, 15) is 54.7 Å². The molecule has 4 rings (SSSR count). The number of nitrogens with one attached hydrogen (secondary N) is 2. The van der Waals surface area contributed by atoms with Crippen LogP contribution in [-0.2, 0) is 9.59 Å². The quantitative estimate of drug-likeness (QED) is 0.196. The largest absolute Gasteiger partial charge is 0.490 e. The summed E-state index contributed by atoms with van der Waals surface area (Å²) < 4.78 is 120. The second kappa shape index (κ2) is 12.8. The van der Waals surface area contributed by atoms with E-state index in [2.05, 4.69) is 10.6 Å². The average Bonchev–Trinajstić information content (AvgIpc) is 3.59. The van der Waals surface area contributed by atoms with Crippen molar-refractivity contribution in [3.63, 3.8) is 0 Å². The molecule has 3 aromatic rings. The van der Waals surface area contributed by atoms with Gasteiger partial charge in [-0.25, -0.2) is 18.0 Å². The number of nitrogens with zero attached hydrogens (tertiary/aromatic N) is 1. The molecule has 0 bridgehead atoms. The molecule has 3 atom stereocenters. The van der Waals surface area contributed by atoms with E-state index in [-0.39, 0.29) is 22.3 Å². The van der Waals surface area contributed by atoms with E-state index in [1.807, 2.05) is 6.07 Å². The van der Waals surface area contributed by atoms with Crippen molar-refractivity contribution in [1.29, 1.82) is 5.26 Å². The van der Waals surface area contributed by atoms with Gasteiger partial charge in [0.05, 0.1) is 12.1 Å². The number of benzene rings is 2. The van der Waals surface area contributed by atoms with Gasteiger partial charge in [0.15, 0.2) is 0 Å². The first kappa shape index (κ1) is 35.4. The van der Waals surface area contributed by atoms with Crippen molar-refractivity contribution in [2.75, 3.05) is 0 Å². The monoisotopic (exact) mass is 655 g/mol. The number of furan rings is 1. The van der Waals surface area contributed by atoms with Crippen LogP contribution in [0.25, 0.3) is 21.9 Å². The fraction of sp³-hybridized carbons (Fsp3) is 0.464. The van der Waals surface area contributed by atoms with Crippen molar-refractivity contribution in [2.24, 2.45) is 0 Å². The molecule has 1 saturated carbocycles. The van der Waals surface area contributed by atoms with Gasteiger partial charge in [0, 0.05) is 17.2 Å². The smallest absolute Gasteiger partial charge is 0.475 e. The standard InChI is InChI=1S/C26H25F6N3O3.C2HF3O2/c1-24(2,29)11-17(23(37)35-25(12-33)7-8-25)34-21(26(30,31)32)14-3-5-15-16-9-13(20(36)22(27)28)4-6-18(16)38-19(15)10-14;3-2(4,5)1(6)7/h3-6,9-10,17,20-22,34,36H,7-8,11H2,1-2H3,(H,35,37);(H,6,7)/t17-,20?,21?;/m0./s1. The molecule has 246 valence electrons. The minimum atomic E-state index is -5.08. The molecule has 4 N–H and O–H groups in total. The van der Waals surface area contributed by atoms with Crippen LogP contribution < -0.4 is 10.6 Å². The summed E-state index contributed by atoms with van der Waals surface area (Å²) in [5.74, 6) is -3.67. The van der Waals surface area contributed by atoms with E-state index in [0.29, 0.717) is 23.6 Å². The molecule has 0 radical (unpaired) electrons. The highest BCUT2D eigenvalue weighted by molar-refractivity contribution is 6.05. The molecule has 45 heavy (non-hydrogen) atoms. The molecular formula is C28H26F9N3O5. The van der Waals surface area contributed by atoms with E-state index in [1.54, 1.807) is 0 Å². The lowest BCUT2D eigenvalue weighted by Crippen LogP contribution is -2.53. The summed E-state index contributed by atoms with van der Waals surface area (Å²) in [5, 5.41) is 31.4. The van der Waals surface area contributed by atoms with E-state index in [1.165, 1.54) is 24.3 Å². The van der Waals surface area contributed by atoms with Gasteiger partial charge in [-0.3, -0.25) is 10.1 Å². The highest BCUT2D eigenvalue weighted by Crippen LogP contribution is 2.39. The maximum absolute atomic E-state index is 14.5. The number of nitriles is 1. The van der Waals surface area contributed by atoms with Gasteiger partial charge in [0.2, 0.25) is 5.91 Å².